The Kier molecular flexibility index (Phi) is 4.02. The van der Waals surface area contributed by atoms with Gasteiger partial charge in [0.2, 0.25) is 0 Å². The zero-order valence-electron chi connectivity index (χ0n) is 5.30. The summed E-state index contributed by atoms with van der Waals surface area (Å²) in [6.07, 6.45) is -1.18. The minimum atomic E-state index is -1.39. The van der Waals surface area contributed by atoms with Crippen LogP contribution in [0.5, 0.6) is 0 Å². The molecule has 0 bridgehead atoms. The number of alkyl halides is 1. The van der Waals surface area contributed by atoms with Gasteiger partial charge in [-0.3, -0.25) is 4.79 Å². The van der Waals surface area contributed by atoms with Crippen LogP contribution in [0.3, 0.4) is 0 Å². The molecule has 0 rings (SSSR count). The SMILES string of the molecule is CC(OC(=O)CBr)C(=O)[O-]. The maximum atomic E-state index is 10.4. The van der Waals surface area contributed by atoms with Gasteiger partial charge in [-0.1, -0.05) is 15.9 Å². The van der Waals surface area contributed by atoms with E-state index in [9.17, 15) is 14.7 Å². The summed E-state index contributed by atoms with van der Waals surface area (Å²) in [5.74, 6) is -2.01. The average Bonchev–Trinajstić information content (AvgIpc) is 1.87. The van der Waals surface area contributed by atoms with Crippen LogP contribution in [0.1, 0.15) is 6.92 Å². The molecule has 58 valence electrons. The molecule has 0 amide bonds. The van der Waals surface area contributed by atoms with Crippen LogP contribution in [-0.4, -0.2) is 23.4 Å². The molecule has 0 aliphatic heterocycles. The molecule has 1 unspecified atom stereocenters. The molecule has 4 nitrogen and oxygen atoms in total. The molecule has 0 saturated heterocycles. The van der Waals surface area contributed by atoms with Crippen molar-refractivity contribution in [3.63, 3.8) is 0 Å². The first-order valence-electron chi connectivity index (χ1n) is 2.54. The summed E-state index contributed by atoms with van der Waals surface area (Å²) in [4.78, 5) is 20.3. The summed E-state index contributed by atoms with van der Waals surface area (Å²) in [7, 11) is 0. The lowest BCUT2D eigenvalue weighted by molar-refractivity contribution is -0.314. The number of esters is 1. The molecule has 0 aromatic heterocycles. The zero-order valence-corrected chi connectivity index (χ0v) is 6.88. The molecule has 0 saturated carbocycles. The largest absolute Gasteiger partial charge is 0.546 e. The van der Waals surface area contributed by atoms with E-state index in [2.05, 4.69) is 20.7 Å². The van der Waals surface area contributed by atoms with E-state index in [4.69, 9.17) is 0 Å². The van der Waals surface area contributed by atoms with Gasteiger partial charge in [-0.2, -0.15) is 0 Å². The Balaban J connectivity index is 3.68. The van der Waals surface area contributed by atoms with E-state index < -0.39 is 18.0 Å². The quantitative estimate of drug-likeness (QED) is 0.445. The third-order valence-electron chi connectivity index (χ3n) is 0.749. The highest BCUT2D eigenvalue weighted by molar-refractivity contribution is 9.09. The van der Waals surface area contributed by atoms with E-state index in [0.29, 0.717) is 0 Å². The van der Waals surface area contributed by atoms with Crippen molar-refractivity contribution in [1.82, 2.24) is 0 Å². The van der Waals surface area contributed by atoms with Crippen LogP contribution in [0.15, 0.2) is 0 Å². The Morgan fingerprint density at radius 1 is 1.70 bits per heavy atom. The summed E-state index contributed by atoms with van der Waals surface area (Å²) < 4.78 is 4.31. The van der Waals surface area contributed by atoms with Crippen LogP contribution in [0.25, 0.3) is 0 Å². The lowest BCUT2D eigenvalue weighted by Crippen LogP contribution is -2.36. The number of carbonyl (C=O) groups excluding carboxylic acids is 2. The Hall–Kier alpha value is -0.580. The Labute approximate surface area is 66.3 Å². The topological polar surface area (TPSA) is 66.4 Å². The third kappa shape index (κ3) is 3.45. The second kappa shape index (κ2) is 4.27. The standard InChI is InChI=1S/C5H7BrO4/c1-3(5(8)9)10-4(7)2-6/h3H,2H2,1H3,(H,8,9)/p-1. The molecule has 0 heterocycles. The minimum absolute atomic E-state index is 0.00931. The van der Waals surface area contributed by atoms with E-state index in [1.807, 2.05) is 0 Å². The number of hydrogen-bond acceptors (Lipinski definition) is 4. The number of carboxylic acid groups (broad SMARTS) is 1. The average molecular weight is 210 g/mol. The van der Waals surface area contributed by atoms with E-state index >= 15 is 0 Å². The van der Waals surface area contributed by atoms with Gasteiger partial charge in [-0.15, -0.1) is 0 Å². The van der Waals surface area contributed by atoms with Gasteiger partial charge >= 0.3 is 5.97 Å². The second-order valence-electron chi connectivity index (χ2n) is 1.58. The van der Waals surface area contributed by atoms with Crippen molar-refractivity contribution < 1.29 is 19.4 Å². The molecule has 5 heteroatoms. The van der Waals surface area contributed by atoms with Crippen molar-refractivity contribution in [3.05, 3.63) is 0 Å². The summed E-state index contributed by atoms with van der Waals surface area (Å²) in [5.41, 5.74) is 0. The predicted octanol–water partition coefficient (Wildman–Crippen LogP) is -0.937. The molecule has 0 radical (unpaired) electrons. The molecule has 0 spiro atoms. The first kappa shape index (κ1) is 9.42. The van der Waals surface area contributed by atoms with Crippen LogP contribution in [0.2, 0.25) is 0 Å². The molecule has 0 aliphatic carbocycles. The molecular weight excluding hydrogens is 204 g/mol. The number of halogens is 1. The summed E-state index contributed by atoms with van der Waals surface area (Å²) in [6, 6.07) is 0. The van der Waals surface area contributed by atoms with Gasteiger partial charge in [0.1, 0.15) is 11.4 Å². The lowest BCUT2D eigenvalue weighted by Gasteiger charge is -2.11. The molecule has 0 aromatic rings. The van der Waals surface area contributed by atoms with Gasteiger partial charge < -0.3 is 14.6 Å². The van der Waals surface area contributed by atoms with Crippen LogP contribution in [0, 0.1) is 0 Å². The third-order valence-corrected chi connectivity index (χ3v) is 1.21. The predicted molar refractivity (Wildman–Crippen MR) is 34.4 cm³/mol. The van der Waals surface area contributed by atoms with Crippen LogP contribution in [0.4, 0.5) is 0 Å². The van der Waals surface area contributed by atoms with E-state index in [-0.39, 0.29) is 5.33 Å². The molecular formula is C5H6BrO4-. The zero-order chi connectivity index (χ0) is 8.15. The molecule has 0 aromatic carbocycles. The van der Waals surface area contributed by atoms with Crippen molar-refractivity contribution in [3.8, 4) is 0 Å². The number of carboxylic acids is 1. The van der Waals surface area contributed by atoms with E-state index in [0.717, 1.165) is 0 Å². The summed E-state index contributed by atoms with van der Waals surface area (Å²) in [6.45, 7) is 1.23. The smallest absolute Gasteiger partial charge is 0.317 e. The number of aliphatic carboxylic acids is 1. The van der Waals surface area contributed by atoms with Crippen molar-refractivity contribution >= 4 is 27.9 Å². The van der Waals surface area contributed by atoms with E-state index in [1.165, 1.54) is 6.92 Å². The Morgan fingerprint density at radius 2 is 2.20 bits per heavy atom. The van der Waals surface area contributed by atoms with Crippen LogP contribution < -0.4 is 5.11 Å². The normalized spacial score (nSPS) is 12.2. The fourth-order valence-corrected chi connectivity index (χ4v) is 0.409. The fraction of sp³-hybridized carbons (Fsp3) is 0.600. The van der Waals surface area contributed by atoms with Gasteiger partial charge in [0, 0.05) is 0 Å². The van der Waals surface area contributed by atoms with Crippen LogP contribution in [-0.2, 0) is 14.3 Å². The molecule has 1 atom stereocenters. The number of hydrogen-bond donors (Lipinski definition) is 0. The highest BCUT2D eigenvalue weighted by atomic mass is 79.9. The number of rotatable bonds is 3. The summed E-state index contributed by atoms with van der Waals surface area (Å²) >= 11 is 2.80. The van der Waals surface area contributed by atoms with Crippen molar-refractivity contribution in [1.29, 1.82) is 0 Å². The van der Waals surface area contributed by atoms with Gasteiger partial charge in [0.15, 0.2) is 0 Å². The van der Waals surface area contributed by atoms with Gasteiger partial charge in [-0.25, -0.2) is 0 Å². The molecule has 10 heavy (non-hydrogen) atoms. The highest BCUT2D eigenvalue weighted by Gasteiger charge is 2.07. The number of ether oxygens (including phenoxy) is 1. The van der Waals surface area contributed by atoms with Crippen LogP contribution >= 0.6 is 15.9 Å². The first-order chi connectivity index (χ1) is 4.57. The molecule has 0 aliphatic rings. The van der Waals surface area contributed by atoms with Gasteiger partial charge in [0.05, 0.1) is 5.97 Å². The van der Waals surface area contributed by atoms with Crippen molar-refractivity contribution in [2.45, 2.75) is 13.0 Å². The summed E-state index contributed by atoms with van der Waals surface area (Å²) in [5, 5.41) is 9.94. The van der Waals surface area contributed by atoms with Gasteiger partial charge in [-0.05, 0) is 6.92 Å². The lowest BCUT2D eigenvalue weighted by atomic mass is 10.4. The Morgan fingerprint density at radius 3 is 2.50 bits per heavy atom. The van der Waals surface area contributed by atoms with E-state index in [1.54, 1.807) is 0 Å². The van der Waals surface area contributed by atoms with Crippen molar-refractivity contribution in [2.24, 2.45) is 0 Å². The Bertz CT molecular complexity index is 145. The van der Waals surface area contributed by atoms with Gasteiger partial charge in [0.25, 0.3) is 0 Å². The molecule has 0 fully saturated rings. The fourth-order valence-electron chi connectivity index (χ4n) is 0.277. The minimum Gasteiger partial charge on any atom is -0.546 e. The maximum absolute atomic E-state index is 10.4. The second-order valence-corrected chi connectivity index (χ2v) is 2.15. The first-order valence-corrected chi connectivity index (χ1v) is 3.66. The maximum Gasteiger partial charge on any atom is 0.317 e. The van der Waals surface area contributed by atoms with Crippen molar-refractivity contribution in [2.75, 3.05) is 5.33 Å². The highest BCUT2D eigenvalue weighted by Crippen LogP contribution is 1.92. The molecule has 0 N–H and O–H groups in total. The monoisotopic (exact) mass is 209 g/mol. The number of carbonyl (C=O) groups is 2.